The lowest BCUT2D eigenvalue weighted by Gasteiger charge is -2.07. The van der Waals surface area contributed by atoms with Gasteiger partial charge in [-0.1, -0.05) is 36.5 Å². The molecule has 0 amide bonds. The van der Waals surface area contributed by atoms with Crippen LogP contribution < -0.4 is 0 Å². The Kier molecular flexibility index (Phi) is 4.66. The van der Waals surface area contributed by atoms with Crippen molar-refractivity contribution in [2.75, 3.05) is 6.54 Å². The molecule has 0 saturated heterocycles. The van der Waals surface area contributed by atoms with Gasteiger partial charge in [-0.25, -0.2) is 0 Å². The Hall–Kier alpha value is -0.733. The highest BCUT2D eigenvalue weighted by Gasteiger charge is 2.05. The number of rotatable bonds is 4. The van der Waals surface area contributed by atoms with E-state index >= 15 is 0 Å². The molecular weight excluding hydrogens is 154 g/mol. The molecule has 0 aromatic heterocycles. The molecular formula is C7H15N3Si. The van der Waals surface area contributed by atoms with E-state index in [1.807, 2.05) is 0 Å². The summed E-state index contributed by atoms with van der Waals surface area (Å²) >= 11 is 0. The van der Waals surface area contributed by atoms with Crippen LogP contribution in [0.25, 0.3) is 10.4 Å². The molecule has 0 aliphatic carbocycles. The molecule has 0 aliphatic rings. The van der Waals surface area contributed by atoms with E-state index in [-0.39, 0.29) is 0 Å². The fourth-order valence-electron chi connectivity index (χ4n) is 0.614. The predicted molar refractivity (Wildman–Crippen MR) is 51.1 cm³/mol. The van der Waals surface area contributed by atoms with E-state index in [4.69, 9.17) is 5.53 Å². The smallest absolute Gasteiger partial charge is 0.0682 e. The van der Waals surface area contributed by atoms with E-state index in [1.54, 1.807) is 0 Å². The monoisotopic (exact) mass is 169 g/mol. The van der Waals surface area contributed by atoms with Gasteiger partial charge in [-0.05, 0) is 12.0 Å². The maximum atomic E-state index is 7.97. The molecule has 4 heteroatoms. The van der Waals surface area contributed by atoms with Crippen LogP contribution in [-0.4, -0.2) is 14.6 Å². The Morgan fingerprint density at radius 1 is 1.45 bits per heavy atom. The summed E-state index contributed by atoms with van der Waals surface area (Å²) in [5, 5.41) is 3.44. The molecule has 0 rings (SSSR count). The van der Waals surface area contributed by atoms with E-state index < -0.39 is 8.07 Å². The van der Waals surface area contributed by atoms with E-state index in [0.29, 0.717) is 6.54 Å². The molecule has 62 valence electrons. The minimum atomic E-state index is -1.03. The van der Waals surface area contributed by atoms with Crippen LogP contribution in [0.15, 0.2) is 16.9 Å². The highest BCUT2D eigenvalue weighted by atomic mass is 28.3. The summed E-state index contributed by atoms with van der Waals surface area (Å²) < 4.78 is 0. The fourth-order valence-corrected chi connectivity index (χ4v) is 1.49. The lowest BCUT2D eigenvalue weighted by Crippen LogP contribution is -2.15. The van der Waals surface area contributed by atoms with Gasteiger partial charge in [0.25, 0.3) is 0 Å². The molecule has 0 bridgehead atoms. The summed E-state index contributed by atoms with van der Waals surface area (Å²) in [4.78, 5) is 2.67. The second kappa shape index (κ2) is 4.99. The van der Waals surface area contributed by atoms with Crippen LogP contribution in [-0.2, 0) is 0 Å². The molecule has 0 heterocycles. The second-order valence-corrected chi connectivity index (χ2v) is 8.58. The predicted octanol–water partition coefficient (Wildman–Crippen LogP) is 3.12. The molecule has 0 aromatic carbocycles. The number of hydrogen-bond donors (Lipinski definition) is 0. The molecule has 0 saturated carbocycles. The fraction of sp³-hybridized carbons (Fsp3) is 0.714. The van der Waals surface area contributed by atoms with Gasteiger partial charge in [0.1, 0.15) is 0 Å². The third-order valence-electron chi connectivity index (χ3n) is 1.08. The van der Waals surface area contributed by atoms with Gasteiger partial charge in [-0.15, -0.1) is 0 Å². The quantitative estimate of drug-likeness (QED) is 0.204. The first-order valence-electron chi connectivity index (χ1n) is 3.75. The van der Waals surface area contributed by atoms with Crippen molar-refractivity contribution in [1.29, 1.82) is 0 Å². The minimum Gasteiger partial charge on any atom is -0.0989 e. The van der Waals surface area contributed by atoms with Crippen LogP contribution in [0.3, 0.4) is 0 Å². The largest absolute Gasteiger partial charge is 0.0989 e. The summed E-state index contributed by atoms with van der Waals surface area (Å²) in [6.45, 7) is 7.41. The zero-order valence-electron chi connectivity index (χ0n) is 7.41. The molecule has 0 N–H and O–H groups in total. The van der Waals surface area contributed by atoms with Crippen molar-refractivity contribution in [2.45, 2.75) is 26.1 Å². The van der Waals surface area contributed by atoms with Crippen LogP contribution in [0, 0.1) is 0 Å². The maximum absolute atomic E-state index is 7.97. The number of hydrogen-bond acceptors (Lipinski definition) is 1. The summed E-state index contributed by atoms with van der Waals surface area (Å²) in [6.07, 6.45) is 2.98. The topological polar surface area (TPSA) is 48.8 Å². The highest BCUT2D eigenvalue weighted by molar-refractivity contribution is 6.80. The van der Waals surface area contributed by atoms with Gasteiger partial charge >= 0.3 is 0 Å². The van der Waals surface area contributed by atoms with Gasteiger partial charge in [-0.2, -0.15) is 0 Å². The van der Waals surface area contributed by atoms with Crippen LogP contribution >= 0.6 is 0 Å². The van der Waals surface area contributed by atoms with Crippen LogP contribution in [0.5, 0.6) is 0 Å². The summed E-state index contributed by atoms with van der Waals surface area (Å²) in [7, 11) is -1.03. The summed E-state index contributed by atoms with van der Waals surface area (Å²) in [5.41, 5.74) is 10.2. The van der Waals surface area contributed by atoms with Gasteiger partial charge in [0, 0.05) is 11.5 Å². The van der Waals surface area contributed by atoms with Crippen molar-refractivity contribution < 1.29 is 0 Å². The highest BCUT2D eigenvalue weighted by Crippen LogP contribution is 2.02. The van der Waals surface area contributed by atoms with E-state index in [0.717, 1.165) is 6.42 Å². The van der Waals surface area contributed by atoms with Crippen molar-refractivity contribution in [2.24, 2.45) is 5.11 Å². The molecule has 3 nitrogen and oxygen atoms in total. The molecule has 0 spiro atoms. The van der Waals surface area contributed by atoms with Crippen LogP contribution in [0.1, 0.15) is 6.42 Å². The number of azide groups is 1. The van der Waals surface area contributed by atoms with Crippen molar-refractivity contribution in [1.82, 2.24) is 0 Å². The molecule has 0 fully saturated rings. The van der Waals surface area contributed by atoms with E-state index in [2.05, 4.69) is 41.4 Å². The van der Waals surface area contributed by atoms with E-state index in [1.165, 1.54) is 0 Å². The minimum absolute atomic E-state index is 0.581. The number of nitrogens with zero attached hydrogens (tertiary/aromatic N) is 3. The van der Waals surface area contributed by atoms with Gasteiger partial charge < -0.3 is 0 Å². The third kappa shape index (κ3) is 9.27. The average Bonchev–Trinajstić information content (AvgIpc) is 1.85. The Bertz CT molecular complexity index is 175. The van der Waals surface area contributed by atoms with Gasteiger partial charge in [-0.3, -0.25) is 0 Å². The van der Waals surface area contributed by atoms with Gasteiger partial charge in [0.2, 0.25) is 0 Å². The first-order valence-corrected chi connectivity index (χ1v) is 7.32. The lowest BCUT2D eigenvalue weighted by molar-refractivity contribution is 0.993. The zero-order chi connectivity index (χ0) is 8.74. The van der Waals surface area contributed by atoms with Crippen LogP contribution in [0.4, 0.5) is 0 Å². The van der Waals surface area contributed by atoms with Crippen molar-refractivity contribution in [3.63, 3.8) is 0 Å². The molecule has 0 atom stereocenters. The van der Waals surface area contributed by atoms with E-state index in [9.17, 15) is 0 Å². The Balaban J connectivity index is 3.53. The SMILES string of the molecule is C[Si](C)(C)C=CCCN=[N+]=[N-]. The Labute approximate surface area is 68.8 Å². The molecule has 0 unspecified atom stereocenters. The molecule has 0 aliphatic heterocycles. The first kappa shape index (κ1) is 10.3. The van der Waals surface area contributed by atoms with Gasteiger partial charge in [0.15, 0.2) is 0 Å². The van der Waals surface area contributed by atoms with Crippen LogP contribution in [0.2, 0.25) is 19.6 Å². The first-order chi connectivity index (χ1) is 5.06. The van der Waals surface area contributed by atoms with Crippen molar-refractivity contribution in [3.05, 3.63) is 22.2 Å². The maximum Gasteiger partial charge on any atom is 0.0682 e. The normalized spacial score (nSPS) is 11.5. The summed E-state index contributed by atoms with van der Waals surface area (Å²) in [5.74, 6) is 0. The van der Waals surface area contributed by atoms with Crippen molar-refractivity contribution >= 4 is 8.07 Å². The second-order valence-electron chi connectivity index (χ2n) is 3.51. The Morgan fingerprint density at radius 2 is 2.09 bits per heavy atom. The zero-order valence-corrected chi connectivity index (χ0v) is 8.41. The Morgan fingerprint density at radius 3 is 2.55 bits per heavy atom. The average molecular weight is 169 g/mol. The molecule has 0 aromatic rings. The van der Waals surface area contributed by atoms with Gasteiger partial charge in [0.05, 0.1) is 8.07 Å². The molecule has 0 radical (unpaired) electrons. The summed E-state index contributed by atoms with van der Waals surface area (Å²) in [6, 6.07) is 0. The third-order valence-corrected chi connectivity index (χ3v) is 2.31. The molecule has 11 heavy (non-hydrogen) atoms. The standard InChI is InChI=1S/C7H15N3Si/c1-11(2,3)7-5-4-6-9-10-8/h5,7H,4,6H2,1-3H3. The lowest BCUT2D eigenvalue weighted by atomic mass is 10.4. The van der Waals surface area contributed by atoms with Crippen molar-refractivity contribution in [3.8, 4) is 0 Å².